The summed E-state index contributed by atoms with van der Waals surface area (Å²) in [6.45, 7) is 0.690. The van der Waals surface area contributed by atoms with Crippen molar-refractivity contribution >= 4 is 28.3 Å². The summed E-state index contributed by atoms with van der Waals surface area (Å²) in [7, 11) is 1.99. The zero-order valence-electron chi connectivity index (χ0n) is 11.0. The Kier molecular flexibility index (Phi) is 3.48. The molecule has 0 amide bonds. The molecule has 1 aromatic carbocycles. The molecule has 0 saturated carbocycles. The molecule has 0 radical (unpaired) electrons. The zero-order chi connectivity index (χ0) is 13.9. The molecule has 3 aromatic rings. The fourth-order valence-corrected chi connectivity index (χ4v) is 2.30. The van der Waals surface area contributed by atoms with Crippen LogP contribution in [0.3, 0.4) is 0 Å². The number of benzene rings is 1. The van der Waals surface area contributed by atoms with Crippen molar-refractivity contribution in [2.24, 2.45) is 0 Å². The average Bonchev–Trinajstić information content (AvgIpc) is 2.47. The highest BCUT2D eigenvalue weighted by Crippen LogP contribution is 2.25. The van der Waals surface area contributed by atoms with Crippen LogP contribution in [0.25, 0.3) is 10.9 Å². The molecule has 0 aliphatic carbocycles. The maximum absolute atomic E-state index is 6.00. The molecule has 3 rings (SSSR count). The summed E-state index contributed by atoms with van der Waals surface area (Å²) in [5.41, 5.74) is 1.84. The van der Waals surface area contributed by atoms with Crippen LogP contribution in [0.4, 0.5) is 5.82 Å². The van der Waals surface area contributed by atoms with Gasteiger partial charge in [-0.05, 0) is 30.3 Å². The van der Waals surface area contributed by atoms with Gasteiger partial charge in [0.15, 0.2) is 0 Å². The number of pyridine rings is 1. The fourth-order valence-electron chi connectivity index (χ4n) is 2.13. The molecule has 0 saturated heterocycles. The molecule has 0 N–H and O–H groups in total. The van der Waals surface area contributed by atoms with Gasteiger partial charge < -0.3 is 4.90 Å². The number of fused-ring (bicyclic) bond motifs is 1. The van der Waals surface area contributed by atoms with Gasteiger partial charge in [-0.1, -0.05) is 17.7 Å². The summed E-state index contributed by atoms with van der Waals surface area (Å²) >= 11 is 6.00. The van der Waals surface area contributed by atoms with Crippen LogP contribution in [0.15, 0.2) is 48.9 Å². The van der Waals surface area contributed by atoms with E-state index in [4.69, 9.17) is 11.6 Å². The summed E-state index contributed by atoms with van der Waals surface area (Å²) < 4.78 is 0. The van der Waals surface area contributed by atoms with Gasteiger partial charge in [-0.15, -0.1) is 0 Å². The monoisotopic (exact) mass is 284 g/mol. The van der Waals surface area contributed by atoms with Crippen LogP contribution >= 0.6 is 11.6 Å². The van der Waals surface area contributed by atoms with Gasteiger partial charge in [0.1, 0.15) is 12.1 Å². The van der Waals surface area contributed by atoms with E-state index < -0.39 is 0 Å². The third kappa shape index (κ3) is 2.56. The average molecular weight is 285 g/mol. The smallest absolute Gasteiger partial charge is 0.139 e. The number of anilines is 1. The SMILES string of the molecule is CN(Cc1ccccn1)c1ncnc2cc(Cl)ccc12. The molecular weight excluding hydrogens is 272 g/mol. The standard InChI is InChI=1S/C15H13ClN4/c1-20(9-12-4-2-3-7-17-12)15-13-6-5-11(16)8-14(13)18-10-19-15/h2-8,10H,9H2,1H3. The number of halogens is 1. The first kappa shape index (κ1) is 12.8. The Morgan fingerprint density at radius 3 is 2.80 bits per heavy atom. The predicted octanol–water partition coefficient (Wildman–Crippen LogP) is 3.31. The van der Waals surface area contributed by atoms with E-state index in [-0.39, 0.29) is 0 Å². The Morgan fingerprint density at radius 2 is 2.00 bits per heavy atom. The maximum Gasteiger partial charge on any atom is 0.139 e. The van der Waals surface area contributed by atoms with Crippen LogP contribution < -0.4 is 4.90 Å². The Morgan fingerprint density at radius 1 is 1.10 bits per heavy atom. The minimum atomic E-state index is 0.675. The largest absolute Gasteiger partial charge is 0.353 e. The van der Waals surface area contributed by atoms with Gasteiger partial charge in [0.2, 0.25) is 0 Å². The lowest BCUT2D eigenvalue weighted by Gasteiger charge is -2.19. The number of hydrogen-bond acceptors (Lipinski definition) is 4. The van der Waals surface area contributed by atoms with Crippen molar-refractivity contribution in [1.82, 2.24) is 15.0 Å². The van der Waals surface area contributed by atoms with Gasteiger partial charge in [-0.3, -0.25) is 4.98 Å². The fraction of sp³-hybridized carbons (Fsp3) is 0.133. The lowest BCUT2D eigenvalue weighted by molar-refractivity contribution is 0.868. The molecular formula is C15H13ClN4. The summed E-state index contributed by atoms with van der Waals surface area (Å²) in [5, 5.41) is 1.66. The normalized spacial score (nSPS) is 10.7. The summed E-state index contributed by atoms with van der Waals surface area (Å²) in [6, 6.07) is 11.5. The van der Waals surface area contributed by atoms with Crippen LogP contribution in [0, 0.1) is 0 Å². The van der Waals surface area contributed by atoms with Crippen LogP contribution in [0.1, 0.15) is 5.69 Å². The second kappa shape index (κ2) is 5.43. The minimum absolute atomic E-state index is 0.675. The zero-order valence-corrected chi connectivity index (χ0v) is 11.7. The van der Waals surface area contributed by atoms with E-state index in [1.54, 1.807) is 12.5 Å². The molecule has 20 heavy (non-hydrogen) atoms. The molecule has 0 atom stereocenters. The lowest BCUT2D eigenvalue weighted by atomic mass is 10.2. The summed E-state index contributed by atoms with van der Waals surface area (Å²) in [5.74, 6) is 0.873. The Hall–Kier alpha value is -2.20. The van der Waals surface area contributed by atoms with E-state index in [1.165, 1.54) is 0 Å². The van der Waals surface area contributed by atoms with Crippen molar-refractivity contribution in [3.63, 3.8) is 0 Å². The summed E-state index contributed by atoms with van der Waals surface area (Å²) in [4.78, 5) is 15.0. The molecule has 2 aromatic heterocycles. The Labute approximate surface area is 122 Å². The van der Waals surface area contributed by atoms with Gasteiger partial charge in [-0.25, -0.2) is 9.97 Å². The second-order valence-corrected chi connectivity index (χ2v) is 4.97. The highest BCUT2D eigenvalue weighted by Gasteiger charge is 2.09. The van der Waals surface area contributed by atoms with Crippen molar-refractivity contribution in [3.05, 3.63) is 59.6 Å². The van der Waals surface area contributed by atoms with E-state index in [2.05, 4.69) is 19.9 Å². The molecule has 4 nitrogen and oxygen atoms in total. The molecule has 0 spiro atoms. The molecule has 0 bridgehead atoms. The first-order valence-electron chi connectivity index (χ1n) is 6.25. The highest BCUT2D eigenvalue weighted by atomic mass is 35.5. The molecule has 5 heteroatoms. The molecule has 2 heterocycles. The minimum Gasteiger partial charge on any atom is -0.353 e. The van der Waals surface area contributed by atoms with Crippen molar-refractivity contribution in [3.8, 4) is 0 Å². The van der Waals surface area contributed by atoms with Crippen molar-refractivity contribution < 1.29 is 0 Å². The second-order valence-electron chi connectivity index (χ2n) is 4.54. The Bertz CT molecular complexity index is 730. The third-order valence-corrected chi connectivity index (χ3v) is 3.30. The molecule has 100 valence electrons. The lowest BCUT2D eigenvalue weighted by Crippen LogP contribution is -2.18. The van der Waals surface area contributed by atoms with Crippen LogP contribution in [0.2, 0.25) is 5.02 Å². The number of aromatic nitrogens is 3. The van der Waals surface area contributed by atoms with Gasteiger partial charge in [0, 0.05) is 23.7 Å². The van der Waals surface area contributed by atoms with E-state index >= 15 is 0 Å². The Balaban J connectivity index is 1.97. The molecule has 0 aliphatic rings. The quantitative estimate of drug-likeness (QED) is 0.740. The van der Waals surface area contributed by atoms with Crippen LogP contribution in [-0.2, 0) is 6.54 Å². The van der Waals surface area contributed by atoms with Crippen LogP contribution in [0.5, 0.6) is 0 Å². The van der Waals surface area contributed by atoms with Crippen molar-refractivity contribution in [2.45, 2.75) is 6.54 Å². The topological polar surface area (TPSA) is 41.9 Å². The van der Waals surface area contributed by atoms with Gasteiger partial charge in [0.25, 0.3) is 0 Å². The third-order valence-electron chi connectivity index (χ3n) is 3.06. The van der Waals surface area contributed by atoms with Crippen LogP contribution in [-0.4, -0.2) is 22.0 Å². The predicted molar refractivity (Wildman–Crippen MR) is 80.9 cm³/mol. The number of nitrogens with zero attached hydrogens (tertiary/aromatic N) is 4. The first-order valence-corrected chi connectivity index (χ1v) is 6.63. The van der Waals surface area contributed by atoms with E-state index in [9.17, 15) is 0 Å². The molecule has 0 fully saturated rings. The molecule has 0 aliphatic heterocycles. The van der Waals surface area contributed by atoms with Gasteiger partial charge >= 0.3 is 0 Å². The number of rotatable bonds is 3. The first-order chi connectivity index (χ1) is 9.74. The van der Waals surface area contributed by atoms with Crippen molar-refractivity contribution in [1.29, 1.82) is 0 Å². The van der Waals surface area contributed by atoms with Gasteiger partial charge in [0.05, 0.1) is 17.8 Å². The van der Waals surface area contributed by atoms with E-state index in [1.807, 2.05) is 43.4 Å². The molecule has 0 unspecified atom stereocenters. The maximum atomic E-state index is 6.00. The van der Waals surface area contributed by atoms with E-state index in [0.717, 1.165) is 22.4 Å². The van der Waals surface area contributed by atoms with Crippen molar-refractivity contribution in [2.75, 3.05) is 11.9 Å². The van der Waals surface area contributed by atoms with Gasteiger partial charge in [-0.2, -0.15) is 0 Å². The highest BCUT2D eigenvalue weighted by molar-refractivity contribution is 6.31. The number of hydrogen-bond donors (Lipinski definition) is 0. The summed E-state index contributed by atoms with van der Waals surface area (Å²) in [6.07, 6.45) is 3.35. The van der Waals surface area contributed by atoms with E-state index in [0.29, 0.717) is 11.6 Å².